The molecule has 0 fully saturated rings. The third-order valence-electron chi connectivity index (χ3n) is 1.77. The predicted molar refractivity (Wildman–Crippen MR) is 58.2 cm³/mol. The second-order valence-electron chi connectivity index (χ2n) is 2.78. The van der Waals surface area contributed by atoms with Crippen LogP contribution < -0.4 is 10.5 Å². The number of methoxy groups -OCH3 is 1. The van der Waals surface area contributed by atoms with E-state index < -0.39 is 0 Å². The highest BCUT2D eigenvalue weighted by atomic mass is 32.1. The van der Waals surface area contributed by atoms with Crippen LogP contribution in [0.3, 0.4) is 0 Å². The lowest BCUT2D eigenvalue weighted by molar-refractivity contribution is 0.411. The number of thiocarbonyl (C=S) groups is 1. The Labute approximate surface area is 88.1 Å². The zero-order valence-corrected chi connectivity index (χ0v) is 8.60. The maximum atomic E-state index is 8.70. The minimum absolute atomic E-state index is 0.387. The molecule has 0 aliphatic heterocycles. The summed E-state index contributed by atoms with van der Waals surface area (Å²) >= 11 is 4.80. The van der Waals surface area contributed by atoms with Gasteiger partial charge in [0, 0.05) is 12.0 Å². The summed E-state index contributed by atoms with van der Waals surface area (Å²) in [4.78, 5) is 0.387. The van der Waals surface area contributed by atoms with E-state index >= 15 is 0 Å². The highest BCUT2D eigenvalue weighted by Gasteiger charge is 2.05. The molecule has 1 aromatic rings. The van der Waals surface area contributed by atoms with Crippen molar-refractivity contribution >= 4 is 17.2 Å². The fraction of sp³-hybridized carbons (Fsp3) is 0.200. The summed E-state index contributed by atoms with van der Waals surface area (Å²) in [7, 11) is 1.57. The number of nitriles is 1. The van der Waals surface area contributed by atoms with Crippen LogP contribution in [0.15, 0.2) is 18.2 Å². The summed E-state index contributed by atoms with van der Waals surface area (Å²) in [5, 5.41) is 8.70. The Hall–Kier alpha value is -1.60. The van der Waals surface area contributed by atoms with E-state index in [0.29, 0.717) is 22.7 Å². The molecule has 2 N–H and O–H groups in total. The molecule has 0 saturated carbocycles. The maximum absolute atomic E-state index is 8.70. The highest BCUT2D eigenvalue weighted by molar-refractivity contribution is 7.80. The van der Waals surface area contributed by atoms with Gasteiger partial charge in [0.1, 0.15) is 5.75 Å². The van der Waals surface area contributed by atoms with Crippen molar-refractivity contribution in [1.82, 2.24) is 0 Å². The van der Waals surface area contributed by atoms with Crippen LogP contribution in [0, 0.1) is 11.3 Å². The summed E-state index contributed by atoms with van der Waals surface area (Å²) in [5.74, 6) is 0.705. The smallest absolute Gasteiger partial charge is 0.122 e. The molecule has 1 rings (SSSR count). The largest absolute Gasteiger partial charge is 0.496 e. The lowest BCUT2D eigenvalue weighted by Gasteiger charge is -2.07. The molecule has 0 aliphatic carbocycles. The first kappa shape index (κ1) is 10.5. The first-order valence-corrected chi connectivity index (χ1v) is 4.43. The molecule has 0 atom stereocenters. The van der Waals surface area contributed by atoms with Crippen LogP contribution in [-0.4, -0.2) is 12.1 Å². The summed E-state index contributed by atoms with van der Waals surface area (Å²) in [6.07, 6.45) is 0.452. The molecule has 0 saturated heterocycles. The number of rotatable bonds is 3. The van der Waals surface area contributed by atoms with E-state index in [1.165, 1.54) is 0 Å². The Morgan fingerprint density at radius 2 is 2.36 bits per heavy atom. The monoisotopic (exact) mass is 206 g/mol. The maximum Gasteiger partial charge on any atom is 0.122 e. The van der Waals surface area contributed by atoms with Crippen molar-refractivity contribution in [2.75, 3.05) is 7.11 Å². The van der Waals surface area contributed by atoms with Crippen LogP contribution in [0.1, 0.15) is 11.1 Å². The van der Waals surface area contributed by atoms with E-state index in [2.05, 4.69) is 6.07 Å². The van der Waals surface area contributed by atoms with E-state index in [0.717, 1.165) is 5.56 Å². The topological polar surface area (TPSA) is 59.0 Å². The number of nitrogens with two attached hydrogens (primary N) is 1. The molecule has 0 aromatic heterocycles. The van der Waals surface area contributed by atoms with Crippen molar-refractivity contribution in [3.8, 4) is 11.8 Å². The van der Waals surface area contributed by atoms with Gasteiger partial charge < -0.3 is 10.5 Å². The SMILES string of the molecule is COc1ccc(C#N)cc1CC(N)=S. The van der Waals surface area contributed by atoms with E-state index in [9.17, 15) is 0 Å². The van der Waals surface area contributed by atoms with Crippen molar-refractivity contribution in [3.63, 3.8) is 0 Å². The highest BCUT2D eigenvalue weighted by Crippen LogP contribution is 2.20. The van der Waals surface area contributed by atoms with Gasteiger partial charge in [-0.1, -0.05) is 12.2 Å². The summed E-state index contributed by atoms with van der Waals surface area (Å²) < 4.78 is 5.12. The van der Waals surface area contributed by atoms with Gasteiger partial charge >= 0.3 is 0 Å². The first-order valence-electron chi connectivity index (χ1n) is 4.02. The van der Waals surface area contributed by atoms with E-state index in [1.54, 1.807) is 25.3 Å². The minimum Gasteiger partial charge on any atom is -0.496 e. The zero-order valence-electron chi connectivity index (χ0n) is 7.78. The molecule has 0 radical (unpaired) electrons. The molecule has 1 aromatic carbocycles. The molecule has 0 aliphatic rings. The number of benzene rings is 1. The Bertz CT molecular complexity index is 396. The molecule has 14 heavy (non-hydrogen) atoms. The fourth-order valence-electron chi connectivity index (χ4n) is 1.17. The van der Waals surface area contributed by atoms with Gasteiger partial charge in [0.2, 0.25) is 0 Å². The Morgan fingerprint density at radius 1 is 1.64 bits per heavy atom. The number of hydrogen-bond donors (Lipinski definition) is 1. The second-order valence-corrected chi connectivity index (χ2v) is 3.31. The van der Waals surface area contributed by atoms with Gasteiger partial charge in [0.15, 0.2) is 0 Å². The first-order chi connectivity index (χ1) is 6.67. The van der Waals surface area contributed by atoms with Gasteiger partial charge in [0.25, 0.3) is 0 Å². The van der Waals surface area contributed by atoms with Crippen molar-refractivity contribution in [3.05, 3.63) is 29.3 Å². The number of nitrogens with zero attached hydrogens (tertiary/aromatic N) is 1. The van der Waals surface area contributed by atoms with Crippen LogP contribution >= 0.6 is 12.2 Å². The minimum atomic E-state index is 0.387. The van der Waals surface area contributed by atoms with Gasteiger partial charge in [-0.3, -0.25) is 0 Å². The lowest BCUT2D eigenvalue weighted by Crippen LogP contribution is -2.11. The van der Waals surface area contributed by atoms with Crippen LogP contribution in [0.4, 0.5) is 0 Å². The van der Waals surface area contributed by atoms with E-state index in [4.69, 9.17) is 28.0 Å². The molecular formula is C10H10N2OS. The van der Waals surface area contributed by atoms with Crippen LogP contribution in [0.5, 0.6) is 5.75 Å². The average molecular weight is 206 g/mol. The van der Waals surface area contributed by atoms with Crippen molar-refractivity contribution in [2.45, 2.75) is 6.42 Å². The number of ether oxygens (including phenoxy) is 1. The molecule has 3 nitrogen and oxygen atoms in total. The Kier molecular flexibility index (Phi) is 3.43. The quantitative estimate of drug-likeness (QED) is 0.759. The van der Waals surface area contributed by atoms with Gasteiger partial charge in [-0.15, -0.1) is 0 Å². The van der Waals surface area contributed by atoms with Gasteiger partial charge in [0.05, 0.1) is 23.7 Å². The molecule has 0 amide bonds. The van der Waals surface area contributed by atoms with E-state index in [-0.39, 0.29) is 0 Å². The van der Waals surface area contributed by atoms with Crippen LogP contribution in [0.2, 0.25) is 0 Å². The molecular weight excluding hydrogens is 196 g/mol. The Balaban J connectivity index is 3.09. The van der Waals surface area contributed by atoms with Crippen LogP contribution in [-0.2, 0) is 6.42 Å². The van der Waals surface area contributed by atoms with Crippen molar-refractivity contribution in [1.29, 1.82) is 5.26 Å². The summed E-state index contributed by atoms with van der Waals surface area (Å²) in [6.45, 7) is 0. The third kappa shape index (κ3) is 2.44. The van der Waals surface area contributed by atoms with Crippen LogP contribution in [0.25, 0.3) is 0 Å². The summed E-state index contributed by atoms with van der Waals surface area (Å²) in [6, 6.07) is 7.22. The summed E-state index contributed by atoms with van der Waals surface area (Å²) in [5.41, 5.74) is 6.86. The number of hydrogen-bond acceptors (Lipinski definition) is 3. The Morgan fingerprint density at radius 3 is 2.86 bits per heavy atom. The van der Waals surface area contributed by atoms with Crippen molar-refractivity contribution in [2.24, 2.45) is 5.73 Å². The zero-order chi connectivity index (χ0) is 10.6. The molecule has 72 valence electrons. The molecule has 0 heterocycles. The third-order valence-corrected chi connectivity index (χ3v) is 1.92. The molecule has 0 unspecified atom stereocenters. The normalized spacial score (nSPS) is 9.14. The average Bonchev–Trinajstić information content (AvgIpc) is 2.16. The fourth-order valence-corrected chi connectivity index (χ4v) is 1.33. The van der Waals surface area contributed by atoms with Gasteiger partial charge in [-0.2, -0.15) is 5.26 Å². The predicted octanol–water partition coefficient (Wildman–Crippen LogP) is 1.40. The standard InChI is InChI=1S/C10H10N2OS/c1-13-9-3-2-7(6-11)4-8(9)5-10(12)14/h2-4H,5H2,1H3,(H2,12,14). The van der Waals surface area contributed by atoms with E-state index in [1.807, 2.05) is 0 Å². The van der Waals surface area contributed by atoms with Gasteiger partial charge in [-0.25, -0.2) is 0 Å². The van der Waals surface area contributed by atoms with Crippen molar-refractivity contribution < 1.29 is 4.74 Å². The molecule has 0 bridgehead atoms. The molecule has 4 heteroatoms. The lowest BCUT2D eigenvalue weighted by atomic mass is 10.1. The molecule has 0 spiro atoms. The second kappa shape index (κ2) is 4.58. The van der Waals surface area contributed by atoms with Gasteiger partial charge in [-0.05, 0) is 18.2 Å².